The minimum absolute atomic E-state index is 0.169. The number of rotatable bonds is 6. The van der Waals surface area contributed by atoms with Crippen LogP contribution in [0.5, 0.6) is 0 Å². The number of carbonyl (C=O) groups excluding carboxylic acids is 1. The Bertz CT molecular complexity index is 559. The number of hydrogen-bond acceptors (Lipinski definition) is 5. The highest BCUT2D eigenvalue weighted by atomic mass is 19.1. The van der Waals surface area contributed by atoms with Gasteiger partial charge in [-0.05, 0) is 18.9 Å². The molecule has 0 unspecified atom stereocenters. The average Bonchev–Trinajstić information content (AvgIpc) is 2.46. The summed E-state index contributed by atoms with van der Waals surface area (Å²) in [6.45, 7) is 3.94. The summed E-state index contributed by atoms with van der Waals surface area (Å²) in [6.07, 6.45) is 1.28. The molecular formula is C13H19FN4O3. The van der Waals surface area contributed by atoms with Gasteiger partial charge in [-0.3, -0.25) is 14.9 Å². The van der Waals surface area contributed by atoms with Crippen molar-refractivity contribution in [1.29, 1.82) is 0 Å². The molecular weight excluding hydrogens is 279 g/mol. The lowest BCUT2D eigenvalue weighted by atomic mass is 9.94. The van der Waals surface area contributed by atoms with E-state index in [0.29, 0.717) is 18.9 Å². The van der Waals surface area contributed by atoms with E-state index in [1.165, 1.54) is 0 Å². The number of carbonyl (C=O) groups is 1. The van der Waals surface area contributed by atoms with Crippen molar-refractivity contribution in [2.45, 2.75) is 32.2 Å². The molecule has 21 heavy (non-hydrogen) atoms. The molecule has 0 aliphatic rings. The van der Waals surface area contributed by atoms with Gasteiger partial charge in [-0.1, -0.05) is 13.8 Å². The molecule has 0 aromatic heterocycles. The third-order valence-electron chi connectivity index (χ3n) is 3.57. The van der Waals surface area contributed by atoms with E-state index in [1.54, 1.807) is 0 Å². The van der Waals surface area contributed by atoms with Crippen molar-refractivity contribution in [1.82, 2.24) is 5.32 Å². The number of nitrogens with zero attached hydrogens (tertiary/aromatic N) is 1. The maximum atomic E-state index is 13.4. The quantitative estimate of drug-likeness (QED) is 0.417. The minimum Gasteiger partial charge on any atom is -0.393 e. The van der Waals surface area contributed by atoms with Gasteiger partial charge in [0.15, 0.2) is 0 Å². The van der Waals surface area contributed by atoms with Crippen LogP contribution in [0.25, 0.3) is 0 Å². The van der Waals surface area contributed by atoms with Gasteiger partial charge in [-0.15, -0.1) is 0 Å². The third kappa shape index (κ3) is 3.88. The molecule has 8 heteroatoms. The molecule has 1 rings (SSSR count). The van der Waals surface area contributed by atoms with E-state index in [0.717, 1.165) is 6.07 Å². The van der Waals surface area contributed by atoms with Crippen LogP contribution in [0.3, 0.4) is 0 Å². The van der Waals surface area contributed by atoms with Gasteiger partial charge < -0.3 is 16.8 Å². The predicted molar refractivity (Wildman–Crippen MR) is 77.3 cm³/mol. The number of nitrogen functional groups attached to an aromatic ring is 1. The molecule has 1 aromatic carbocycles. The molecule has 0 fully saturated rings. The number of amides is 1. The van der Waals surface area contributed by atoms with Crippen LogP contribution in [-0.4, -0.2) is 22.9 Å². The first-order chi connectivity index (χ1) is 9.74. The molecule has 0 saturated heterocycles. The van der Waals surface area contributed by atoms with Crippen molar-refractivity contribution in [2.75, 3.05) is 12.3 Å². The maximum Gasteiger partial charge on any atom is 0.295 e. The minimum atomic E-state index is -0.897. The van der Waals surface area contributed by atoms with Crippen LogP contribution in [0.4, 0.5) is 15.8 Å². The summed E-state index contributed by atoms with van der Waals surface area (Å²) in [4.78, 5) is 22.0. The zero-order valence-electron chi connectivity index (χ0n) is 12.0. The molecule has 0 atom stereocenters. The number of nitro benzene ring substituents is 1. The van der Waals surface area contributed by atoms with E-state index in [1.807, 2.05) is 13.8 Å². The third-order valence-corrected chi connectivity index (χ3v) is 3.57. The maximum absolute atomic E-state index is 13.4. The standard InChI is InChI=1S/C13H19FN4O3/c1-3-13(16,4-2)7-17-12(19)9-5-8(14)6-10(11(9)15)18(20)21/h5-6H,3-4,7,15-16H2,1-2H3,(H,17,19). The molecule has 0 aliphatic carbocycles. The first-order valence-corrected chi connectivity index (χ1v) is 6.54. The van der Waals surface area contributed by atoms with E-state index in [9.17, 15) is 19.3 Å². The normalized spacial score (nSPS) is 11.2. The van der Waals surface area contributed by atoms with Crippen molar-refractivity contribution >= 4 is 17.3 Å². The van der Waals surface area contributed by atoms with Crippen molar-refractivity contribution in [3.05, 3.63) is 33.6 Å². The van der Waals surface area contributed by atoms with E-state index >= 15 is 0 Å². The summed E-state index contributed by atoms with van der Waals surface area (Å²) in [7, 11) is 0. The Hall–Kier alpha value is -2.22. The molecule has 1 amide bonds. The van der Waals surface area contributed by atoms with Gasteiger partial charge in [0, 0.05) is 12.1 Å². The number of nitrogens with one attached hydrogen (secondary N) is 1. The fraction of sp³-hybridized carbons (Fsp3) is 0.462. The topological polar surface area (TPSA) is 124 Å². The second-order valence-corrected chi connectivity index (χ2v) is 4.90. The summed E-state index contributed by atoms with van der Waals surface area (Å²) >= 11 is 0. The van der Waals surface area contributed by atoms with Crippen LogP contribution in [0, 0.1) is 15.9 Å². The Kier molecular flexibility index (Phi) is 5.20. The number of benzene rings is 1. The molecule has 0 saturated carbocycles. The Balaban J connectivity index is 3.01. The highest BCUT2D eigenvalue weighted by molar-refractivity contribution is 6.01. The van der Waals surface area contributed by atoms with Crippen LogP contribution >= 0.6 is 0 Å². The first kappa shape index (κ1) is 16.8. The average molecular weight is 298 g/mol. The fourth-order valence-electron chi connectivity index (χ4n) is 1.79. The smallest absolute Gasteiger partial charge is 0.295 e. The van der Waals surface area contributed by atoms with Gasteiger partial charge in [-0.2, -0.15) is 0 Å². The second-order valence-electron chi connectivity index (χ2n) is 4.90. The van der Waals surface area contributed by atoms with E-state index in [2.05, 4.69) is 5.32 Å². The SMILES string of the molecule is CCC(N)(CC)CNC(=O)c1cc(F)cc([N+](=O)[O-])c1N. The zero-order chi connectivity index (χ0) is 16.2. The molecule has 7 nitrogen and oxygen atoms in total. The lowest BCUT2D eigenvalue weighted by Crippen LogP contribution is -2.49. The van der Waals surface area contributed by atoms with E-state index < -0.39 is 27.9 Å². The predicted octanol–water partition coefficient (Wildman–Crippen LogP) is 1.56. The number of anilines is 1. The molecule has 0 heterocycles. The van der Waals surface area contributed by atoms with Gasteiger partial charge in [-0.25, -0.2) is 4.39 Å². The monoisotopic (exact) mass is 298 g/mol. The molecule has 5 N–H and O–H groups in total. The largest absolute Gasteiger partial charge is 0.393 e. The number of nitrogens with two attached hydrogens (primary N) is 2. The van der Waals surface area contributed by atoms with Crippen LogP contribution in [0.1, 0.15) is 37.0 Å². The molecule has 0 aliphatic heterocycles. The van der Waals surface area contributed by atoms with Gasteiger partial charge in [0.2, 0.25) is 0 Å². The Morgan fingerprint density at radius 2 is 2.00 bits per heavy atom. The summed E-state index contributed by atoms with van der Waals surface area (Å²) in [5, 5.41) is 13.3. The van der Waals surface area contributed by atoms with Crippen molar-refractivity contribution < 1.29 is 14.1 Å². The Labute approximate surface area is 121 Å². The second kappa shape index (κ2) is 6.49. The van der Waals surface area contributed by atoms with Crippen molar-refractivity contribution in [3.8, 4) is 0 Å². The van der Waals surface area contributed by atoms with Crippen molar-refractivity contribution in [3.63, 3.8) is 0 Å². The molecule has 116 valence electrons. The van der Waals surface area contributed by atoms with E-state index in [-0.39, 0.29) is 17.8 Å². The van der Waals surface area contributed by atoms with Gasteiger partial charge in [0.1, 0.15) is 11.5 Å². The molecule has 0 spiro atoms. The highest BCUT2D eigenvalue weighted by Gasteiger charge is 2.25. The van der Waals surface area contributed by atoms with Crippen LogP contribution in [0.15, 0.2) is 12.1 Å². The van der Waals surface area contributed by atoms with Crippen molar-refractivity contribution in [2.24, 2.45) is 5.73 Å². The molecule has 0 radical (unpaired) electrons. The Morgan fingerprint density at radius 1 is 1.43 bits per heavy atom. The van der Waals surface area contributed by atoms with Crippen LogP contribution in [0.2, 0.25) is 0 Å². The molecule has 0 bridgehead atoms. The van der Waals surface area contributed by atoms with Gasteiger partial charge >= 0.3 is 0 Å². The zero-order valence-corrected chi connectivity index (χ0v) is 12.0. The van der Waals surface area contributed by atoms with Crippen LogP contribution in [-0.2, 0) is 0 Å². The Morgan fingerprint density at radius 3 is 2.48 bits per heavy atom. The highest BCUT2D eigenvalue weighted by Crippen LogP contribution is 2.26. The first-order valence-electron chi connectivity index (χ1n) is 6.54. The molecule has 1 aromatic rings. The van der Waals surface area contributed by atoms with Gasteiger partial charge in [0.25, 0.3) is 11.6 Å². The summed E-state index contributed by atoms with van der Waals surface area (Å²) in [5.74, 6) is -1.59. The lowest BCUT2D eigenvalue weighted by molar-refractivity contribution is -0.384. The summed E-state index contributed by atoms with van der Waals surface area (Å²) in [6, 6.07) is 1.55. The van der Waals surface area contributed by atoms with E-state index in [4.69, 9.17) is 11.5 Å². The summed E-state index contributed by atoms with van der Waals surface area (Å²) < 4.78 is 13.4. The number of halogens is 1. The van der Waals surface area contributed by atoms with Gasteiger partial charge in [0.05, 0.1) is 16.6 Å². The lowest BCUT2D eigenvalue weighted by Gasteiger charge is -2.26. The number of hydrogen-bond donors (Lipinski definition) is 3. The fourth-order valence-corrected chi connectivity index (χ4v) is 1.79. The number of nitro groups is 1. The summed E-state index contributed by atoms with van der Waals surface area (Å²) in [5.41, 5.74) is 9.75. The van der Waals surface area contributed by atoms with Crippen LogP contribution < -0.4 is 16.8 Å².